The van der Waals surface area contributed by atoms with Crippen LogP contribution < -0.4 is 5.32 Å². The molecule has 0 aliphatic heterocycles. The van der Waals surface area contributed by atoms with Crippen molar-refractivity contribution in [3.8, 4) is 0 Å². The van der Waals surface area contributed by atoms with E-state index in [0.29, 0.717) is 12.6 Å². The minimum Gasteiger partial charge on any atom is -0.342 e. The summed E-state index contributed by atoms with van der Waals surface area (Å²) in [4.78, 5) is 14.1. The van der Waals surface area contributed by atoms with Crippen molar-refractivity contribution in [1.29, 1.82) is 0 Å². The van der Waals surface area contributed by atoms with Crippen LogP contribution in [0.3, 0.4) is 0 Å². The van der Waals surface area contributed by atoms with Gasteiger partial charge in [-0.2, -0.15) is 0 Å². The molecular weight excluding hydrogens is 260 g/mol. The molecule has 1 amide bonds. The van der Waals surface area contributed by atoms with E-state index in [1.807, 2.05) is 11.9 Å². The van der Waals surface area contributed by atoms with Gasteiger partial charge in [-0.05, 0) is 56.9 Å². The molecule has 1 N–H and O–H groups in total. The second-order valence-electron chi connectivity index (χ2n) is 6.16. The lowest BCUT2D eigenvalue weighted by molar-refractivity contribution is -0.131. The van der Waals surface area contributed by atoms with Gasteiger partial charge in [-0.15, -0.1) is 12.4 Å². The van der Waals surface area contributed by atoms with Gasteiger partial charge in [0, 0.05) is 13.1 Å². The summed E-state index contributed by atoms with van der Waals surface area (Å²) in [7, 11) is 1.98. The van der Waals surface area contributed by atoms with E-state index >= 15 is 0 Å². The molecule has 0 atom stereocenters. The number of hydrogen-bond acceptors (Lipinski definition) is 2. The number of nitrogens with one attached hydrogen (secondary N) is 1. The van der Waals surface area contributed by atoms with Crippen LogP contribution in [0.25, 0.3) is 0 Å². The summed E-state index contributed by atoms with van der Waals surface area (Å²) in [5.41, 5.74) is 0. The number of carbonyl (C=O) groups is 1. The zero-order chi connectivity index (χ0) is 13.0. The standard InChI is InChI=1S/C15H28N2O.ClH/c1-3-12-6-8-14(9-7-12)17(2)15(18)11-16-10-13-4-5-13;/h12-14,16H,3-11H2,1-2H3;1H. The Labute approximate surface area is 123 Å². The van der Waals surface area contributed by atoms with Gasteiger partial charge >= 0.3 is 0 Å². The summed E-state index contributed by atoms with van der Waals surface area (Å²) in [6.45, 7) is 3.84. The molecule has 0 unspecified atom stereocenters. The SMILES string of the molecule is CCC1CCC(N(C)C(=O)CNCC2CC2)CC1.Cl. The average molecular weight is 289 g/mol. The van der Waals surface area contributed by atoms with Crippen molar-refractivity contribution < 1.29 is 4.79 Å². The highest BCUT2D eigenvalue weighted by molar-refractivity contribution is 5.85. The fourth-order valence-electron chi connectivity index (χ4n) is 2.97. The molecule has 0 aromatic heterocycles. The van der Waals surface area contributed by atoms with E-state index in [2.05, 4.69) is 12.2 Å². The van der Waals surface area contributed by atoms with Crippen molar-refractivity contribution in [3.05, 3.63) is 0 Å². The molecule has 2 aliphatic carbocycles. The van der Waals surface area contributed by atoms with Crippen LogP contribution in [0.1, 0.15) is 51.9 Å². The fourth-order valence-corrected chi connectivity index (χ4v) is 2.97. The molecule has 0 radical (unpaired) electrons. The summed E-state index contributed by atoms with van der Waals surface area (Å²) in [5, 5.41) is 3.30. The number of carbonyl (C=O) groups excluding carboxylic acids is 1. The molecule has 2 rings (SSSR count). The van der Waals surface area contributed by atoms with Gasteiger partial charge in [-0.1, -0.05) is 13.3 Å². The van der Waals surface area contributed by atoms with Crippen molar-refractivity contribution in [2.45, 2.75) is 57.9 Å². The predicted molar refractivity (Wildman–Crippen MR) is 81.6 cm³/mol. The number of hydrogen-bond donors (Lipinski definition) is 1. The summed E-state index contributed by atoms with van der Waals surface area (Å²) in [6, 6.07) is 0.489. The minimum atomic E-state index is 0. The lowest BCUT2D eigenvalue weighted by atomic mass is 9.84. The highest BCUT2D eigenvalue weighted by Crippen LogP contribution is 2.29. The number of rotatable bonds is 6. The molecule has 2 aliphatic rings. The van der Waals surface area contributed by atoms with E-state index in [1.165, 1.54) is 44.9 Å². The Kier molecular flexibility index (Phi) is 7.16. The van der Waals surface area contributed by atoms with Crippen LogP contribution in [0.15, 0.2) is 0 Å². The zero-order valence-electron chi connectivity index (χ0n) is 12.4. The van der Waals surface area contributed by atoms with E-state index in [0.717, 1.165) is 18.4 Å². The van der Waals surface area contributed by atoms with Gasteiger partial charge in [0.25, 0.3) is 0 Å². The highest BCUT2D eigenvalue weighted by Gasteiger charge is 2.26. The molecule has 19 heavy (non-hydrogen) atoms. The van der Waals surface area contributed by atoms with E-state index in [4.69, 9.17) is 0 Å². The van der Waals surface area contributed by atoms with Crippen molar-refractivity contribution in [3.63, 3.8) is 0 Å². The Bertz CT molecular complexity index is 273. The van der Waals surface area contributed by atoms with E-state index in [9.17, 15) is 4.79 Å². The van der Waals surface area contributed by atoms with Crippen LogP contribution in [-0.4, -0.2) is 37.0 Å². The quantitative estimate of drug-likeness (QED) is 0.815. The van der Waals surface area contributed by atoms with Crippen LogP contribution in [0, 0.1) is 11.8 Å². The molecule has 4 heteroatoms. The largest absolute Gasteiger partial charge is 0.342 e. The first-order valence-corrected chi connectivity index (χ1v) is 7.67. The lowest BCUT2D eigenvalue weighted by Gasteiger charge is -2.34. The normalized spacial score (nSPS) is 26.6. The Balaban J connectivity index is 0.00000180. The predicted octanol–water partition coefficient (Wildman–Crippen LogP) is 2.84. The zero-order valence-corrected chi connectivity index (χ0v) is 13.2. The third kappa shape index (κ3) is 5.31. The maximum atomic E-state index is 12.1. The Morgan fingerprint density at radius 3 is 2.21 bits per heavy atom. The topological polar surface area (TPSA) is 32.3 Å². The maximum Gasteiger partial charge on any atom is 0.236 e. The average Bonchev–Trinajstić information content (AvgIpc) is 3.22. The van der Waals surface area contributed by atoms with E-state index < -0.39 is 0 Å². The lowest BCUT2D eigenvalue weighted by Crippen LogP contribution is -2.43. The second kappa shape index (κ2) is 8.11. The molecule has 0 bridgehead atoms. The molecular formula is C15H29ClN2O. The fraction of sp³-hybridized carbons (Fsp3) is 0.933. The van der Waals surface area contributed by atoms with Crippen molar-refractivity contribution in [2.75, 3.05) is 20.1 Å². The van der Waals surface area contributed by atoms with Gasteiger partial charge in [0.05, 0.1) is 6.54 Å². The molecule has 0 aromatic carbocycles. The number of halogens is 1. The first kappa shape index (κ1) is 16.8. The third-order valence-corrected chi connectivity index (χ3v) is 4.74. The van der Waals surface area contributed by atoms with Crippen LogP contribution in [0.5, 0.6) is 0 Å². The number of amides is 1. The number of likely N-dealkylation sites (N-methyl/N-ethyl adjacent to an activating group) is 1. The van der Waals surface area contributed by atoms with Gasteiger partial charge in [0.2, 0.25) is 5.91 Å². The second-order valence-corrected chi connectivity index (χ2v) is 6.16. The van der Waals surface area contributed by atoms with Gasteiger partial charge in [-0.3, -0.25) is 4.79 Å². The molecule has 0 heterocycles. The van der Waals surface area contributed by atoms with Crippen molar-refractivity contribution in [2.24, 2.45) is 11.8 Å². The van der Waals surface area contributed by atoms with Crippen molar-refractivity contribution in [1.82, 2.24) is 10.2 Å². The van der Waals surface area contributed by atoms with Gasteiger partial charge in [-0.25, -0.2) is 0 Å². The first-order chi connectivity index (χ1) is 8.70. The molecule has 2 fully saturated rings. The van der Waals surface area contributed by atoms with E-state index in [-0.39, 0.29) is 18.3 Å². The molecule has 3 nitrogen and oxygen atoms in total. The maximum absolute atomic E-state index is 12.1. The van der Waals surface area contributed by atoms with Gasteiger partial charge < -0.3 is 10.2 Å². The van der Waals surface area contributed by atoms with Gasteiger partial charge in [0.15, 0.2) is 0 Å². The highest BCUT2D eigenvalue weighted by atomic mass is 35.5. The van der Waals surface area contributed by atoms with Crippen LogP contribution in [-0.2, 0) is 4.79 Å². The molecule has 0 saturated heterocycles. The Morgan fingerprint density at radius 2 is 1.68 bits per heavy atom. The Hall–Kier alpha value is -0.280. The van der Waals surface area contributed by atoms with Crippen LogP contribution in [0.2, 0.25) is 0 Å². The first-order valence-electron chi connectivity index (χ1n) is 7.67. The number of nitrogens with zero attached hydrogens (tertiary/aromatic N) is 1. The summed E-state index contributed by atoms with van der Waals surface area (Å²) >= 11 is 0. The minimum absolute atomic E-state index is 0. The Morgan fingerprint density at radius 1 is 1.11 bits per heavy atom. The summed E-state index contributed by atoms with van der Waals surface area (Å²) in [5.74, 6) is 2.02. The third-order valence-electron chi connectivity index (χ3n) is 4.74. The smallest absolute Gasteiger partial charge is 0.236 e. The summed E-state index contributed by atoms with van der Waals surface area (Å²) in [6.07, 6.45) is 8.98. The van der Waals surface area contributed by atoms with Crippen LogP contribution >= 0.6 is 12.4 Å². The summed E-state index contributed by atoms with van der Waals surface area (Å²) < 4.78 is 0. The molecule has 2 saturated carbocycles. The molecule has 0 aromatic rings. The van der Waals surface area contributed by atoms with Crippen LogP contribution in [0.4, 0.5) is 0 Å². The van der Waals surface area contributed by atoms with Crippen molar-refractivity contribution >= 4 is 18.3 Å². The molecule has 0 spiro atoms. The van der Waals surface area contributed by atoms with E-state index in [1.54, 1.807) is 0 Å². The monoisotopic (exact) mass is 288 g/mol. The van der Waals surface area contributed by atoms with Gasteiger partial charge in [0.1, 0.15) is 0 Å². The molecule has 112 valence electrons.